The van der Waals surface area contributed by atoms with Crippen LogP contribution >= 0.6 is 0 Å². The highest BCUT2D eigenvalue weighted by Gasteiger charge is 2.46. The molecule has 94 valence electrons. The lowest BCUT2D eigenvalue weighted by Gasteiger charge is -2.16. The second-order valence-electron chi connectivity index (χ2n) is 4.46. The van der Waals surface area contributed by atoms with E-state index >= 15 is 0 Å². The first-order valence-electron chi connectivity index (χ1n) is 5.97. The Labute approximate surface area is 105 Å². The summed E-state index contributed by atoms with van der Waals surface area (Å²) in [4.78, 5) is 4.28. The molecule has 5 nitrogen and oxygen atoms in total. The van der Waals surface area contributed by atoms with E-state index in [1.165, 1.54) is 0 Å². The number of hydrogen-bond donors (Lipinski definition) is 1. The Morgan fingerprint density at radius 3 is 2.78 bits per heavy atom. The molecule has 1 aromatic heterocycles. The lowest BCUT2D eigenvalue weighted by molar-refractivity contribution is 0.0793. The van der Waals surface area contributed by atoms with E-state index in [-0.39, 0.29) is 12.1 Å². The molecule has 1 saturated carbocycles. The number of aromatic nitrogens is 2. The molecule has 0 saturated heterocycles. The van der Waals surface area contributed by atoms with Crippen molar-refractivity contribution >= 4 is 0 Å². The van der Waals surface area contributed by atoms with Crippen molar-refractivity contribution in [3.63, 3.8) is 0 Å². The zero-order valence-electron chi connectivity index (χ0n) is 10.2. The van der Waals surface area contributed by atoms with Gasteiger partial charge in [0.25, 0.3) is 0 Å². The predicted molar refractivity (Wildman–Crippen MR) is 65.5 cm³/mol. The highest BCUT2D eigenvalue weighted by atomic mass is 16.5. The summed E-state index contributed by atoms with van der Waals surface area (Å²) in [6.45, 7) is 0.255. The topological polar surface area (TPSA) is 74.2 Å². The molecule has 0 radical (unpaired) electrons. The second kappa shape index (κ2) is 4.19. The first-order valence-corrected chi connectivity index (χ1v) is 5.97. The third-order valence-corrected chi connectivity index (χ3v) is 3.40. The average Bonchev–Trinajstić information content (AvgIpc) is 3.08. The molecule has 1 heterocycles. The molecule has 1 fully saturated rings. The minimum absolute atomic E-state index is 0.167. The Morgan fingerprint density at radius 2 is 2.17 bits per heavy atom. The Balaban J connectivity index is 2.06. The molecular weight excluding hydrogens is 230 g/mol. The van der Waals surface area contributed by atoms with Gasteiger partial charge in [-0.25, -0.2) is 0 Å². The van der Waals surface area contributed by atoms with E-state index in [1.54, 1.807) is 7.11 Å². The van der Waals surface area contributed by atoms with E-state index in [0.717, 1.165) is 24.0 Å². The standard InChI is InChI=1S/C13H15N3O2/c1-17-13(6-7-13)10-5-3-2-4-9(10)12-15-11(8-14)18-16-12/h2-5H,6-8,14H2,1H3. The molecule has 1 aromatic carbocycles. The smallest absolute Gasteiger partial charge is 0.240 e. The number of nitrogens with zero attached hydrogens (tertiary/aromatic N) is 2. The summed E-state index contributed by atoms with van der Waals surface area (Å²) in [5.74, 6) is 1.02. The first-order chi connectivity index (χ1) is 8.79. The average molecular weight is 245 g/mol. The number of hydrogen-bond acceptors (Lipinski definition) is 5. The largest absolute Gasteiger partial charge is 0.374 e. The van der Waals surface area contributed by atoms with Crippen molar-refractivity contribution in [3.8, 4) is 11.4 Å². The van der Waals surface area contributed by atoms with Crippen LogP contribution in [-0.2, 0) is 16.9 Å². The highest BCUT2D eigenvalue weighted by Crippen LogP contribution is 2.51. The molecule has 1 aliphatic carbocycles. The SMILES string of the molecule is COC1(c2ccccc2-c2noc(CN)n2)CC1. The van der Waals surface area contributed by atoms with Gasteiger partial charge in [-0.2, -0.15) is 4.98 Å². The molecule has 2 aromatic rings. The van der Waals surface area contributed by atoms with E-state index in [9.17, 15) is 0 Å². The van der Waals surface area contributed by atoms with Crippen LogP contribution in [0.15, 0.2) is 28.8 Å². The lowest BCUT2D eigenvalue weighted by Crippen LogP contribution is -2.10. The van der Waals surface area contributed by atoms with Crippen LogP contribution in [0.5, 0.6) is 0 Å². The summed E-state index contributed by atoms with van der Waals surface area (Å²) in [6, 6.07) is 8.01. The van der Waals surface area contributed by atoms with Crippen molar-refractivity contribution in [2.45, 2.75) is 25.0 Å². The number of rotatable bonds is 4. The van der Waals surface area contributed by atoms with E-state index in [2.05, 4.69) is 16.2 Å². The normalized spacial score (nSPS) is 16.8. The highest BCUT2D eigenvalue weighted by molar-refractivity contribution is 5.62. The second-order valence-corrected chi connectivity index (χ2v) is 4.46. The molecule has 2 N–H and O–H groups in total. The molecule has 18 heavy (non-hydrogen) atoms. The van der Waals surface area contributed by atoms with Crippen LogP contribution in [-0.4, -0.2) is 17.3 Å². The molecule has 0 spiro atoms. The van der Waals surface area contributed by atoms with Crippen LogP contribution < -0.4 is 5.73 Å². The van der Waals surface area contributed by atoms with Crippen LogP contribution in [0.3, 0.4) is 0 Å². The summed E-state index contributed by atoms with van der Waals surface area (Å²) >= 11 is 0. The number of benzene rings is 1. The molecule has 0 amide bonds. The fourth-order valence-corrected chi connectivity index (χ4v) is 2.22. The maximum absolute atomic E-state index is 5.62. The van der Waals surface area contributed by atoms with E-state index in [1.807, 2.05) is 18.2 Å². The molecular formula is C13H15N3O2. The Kier molecular flexibility index (Phi) is 2.65. The van der Waals surface area contributed by atoms with Crippen LogP contribution in [0.4, 0.5) is 0 Å². The maximum Gasteiger partial charge on any atom is 0.240 e. The molecule has 1 aliphatic rings. The Bertz CT molecular complexity index is 561. The molecule has 0 atom stereocenters. The Hall–Kier alpha value is -1.72. The summed E-state index contributed by atoms with van der Waals surface area (Å²) in [6.07, 6.45) is 2.06. The van der Waals surface area contributed by atoms with Crippen molar-refractivity contribution in [3.05, 3.63) is 35.7 Å². The number of nitrogens with two attached hydrogens (primary N) is 1. The van der Waals surface area contributed by atoms with E-state index < -0.39 is 0 Å². The molecule has 0 aliphatic heterocycles. The molecule has 0 unspecified atom stereocenters. The summed E-state index contributed by atoms with van der Waals surface area (Å²) in [5.41, 5.74) is 7.40. The van der Waals surface area contributed by atoms with Crippen LogP contribution in [0, 0.1) is 0 Å². The minimum atomic E-state index is -0.167. The predicted octanol–water partition coefficient (Wildman–Crippen LogP) is 1.83. The molecule has 5 heteroatoms. The first kappa shape index (κ1) is 11.4. The minimum Gasteiger partial charge on any atom is -0.374 e. The summed E-state index contributed by atoms with van der Waals surface area (Å²) in [5, 5.41) is 3.97. The quantitative estimate of drug-likeness (QED) is 0.889. The van der Waals surface area contributed by atoms with Gasteiger partial charge in [-0.3, -0.25) is 0 Å². The van der Waals surface area contributed by atoms with Gasteiger partial charge in [-0.1, -0.05) is 29.4 Å². The zero-order chi connectivity index (χ0) is 12.6. The van der Waals surface area contributed by atoms with Gasteiger partial charge in [0.05, 0.1) is 12.1 Å². The third kappa shape index (κ3) is 1.72. The van der Waals surface area contributed by atoms with Crippen LogP contribution in [0.1, 0.15) is 24.3 Å². The summed E-state index contributed by atoms with van der Waals surface area (Å²) in [7, 11) is 1.74. The Morgan fingerprint density at radius 1 is 1.39 bits per heavy atom. The fraction of sp³-hybridized carbons (Fsp3) is 0.385. The van der Waals surface area contributed by atoms with Gasteiger partial charge in [0.15, 0.2) is 0 Å². The van der Waals surface area contributed by atoms with Crippen molar-refractivity contribution in [1.82, 2.24) is 10.1 Å². The summed E-state index contributed by atoms with van der Waals surface area (Å²) < 4.78 is 10.7. The number of methoxy groups -OCH3 is 1. The van der Waals surface area contributed by atoms with Gasteiger partial charge in [-0.05, 0) is 18.4 Å². The van der Waals surface area contributed by atoms with Crippen molar-refractivity contribution in [1.29, 1.82) is 0 Å². The van der Waals surface area contributed by atoms with Gasteiger partial charge >= 0.3 is 0 Å². The number of ether oxygens (including phenoxy) is 1. The van der Waals surface area contributed by atoms with E-state index in [0.29, 0.717) is 11.7 Å². The van der Waals surface area contributed by atoms with Crippen molar-refractivity contribution in [2.75, 3.05) is 7.11 Å². The van der Waals surface area contributed by atoms with Gasteiger partial charge in [0, 0.05) is 12.7 Å². The van der Waals surface area contributed by atoms with Gasteiger partial charge in [-0.15, -0.1) is 0 Å². The molecule has 0 bridgehead atoms. The van der Waals surface area contributed by atoms with Gasteiger partial charge < -0.3 is 15.0 Å². The van der Waals surface area contributed by atoms with Gasteiger partial charge in [0.2, 0.25) is 11.7 Å². The van der Waals surface area contributed by atoms with Crippen molar-refractivity contribution < 1.29 is 9.26 Å². The fourth-order valence-electron chi connectivity index (χ4n) is 2.22. The van der Waals surface area contributed by atoms with Crippen LogP contribution in [0.25, 0.3) is 11.4 Å². The van der Waals surface area contributed by atoms with Gasteiger partial charge in [0.1, 0.15) is 0 Å². The van der Waals surface area contributed by atoms with Crippen LogP contribution in [0.2, 0.25) is 0 Å². The molecule has 3 rings (SSSR count). The van der Waals surface area contributed by atoms with Crippen molar-refractivity contribution in [2.24, 2.45) is 5.73 Å². The zero-order valence-corrected chi connectivity index (χ0v) is 10.2. The maximum atomic E-state index is 5.62. The third-order valence-electron chi connectivity index (χ3n) is 3.40. The lowest BCUT2D eigenvalue weighted by atomic mass is 10.00. The van der Waals surface area contributed by atoms with E-state index in [4.69, 9.17) is 15.0 Å². The monoisotopic (exact) mass is 245 g/mol.